The number of nitrogens with zero attached hydrogens (tertiary/aromatic N) is 4. The molecule has 20 heavy (non-hydrogen) atoms. The molecule has 0 aliphatic carbocycles. The Hall–Kier alpha value is -1.91. The van der Waals surface area contributed by atoms with E-state index in [1.165, 1.54) is 0 Å². The van der Waals surface area contributed by atoms with Gasteiger partial charge in [-0.05, 0) is 26.3 Å². The summed E-state index contributed by atoms with van der Waals surface area (Å²) >= 11 is 0. The van der Waals surface area contributed by atoms with Crippen molar-refractivity contribution in [2.45, 2.75) is 47.0 Å². The molecule has 0 saturated carbocycles. The van der Waals surface area contributed by atoms with E-state index in [0.717, 1.165) is 41.8 Å². The number of nitrogens with one attached hydrogen (secondary N) is 1. The van der Waals surface area contributed by atoms with Gasteiger partial charge in [-0.3, -0.25) is 0 Å². The minimum Gasteiger partial charge on any atom is -0.370 e. The van der Waals surface area contributed by atoms with Crippen molar-refractivity contribution in [1.82, 2.24) is 19.7 Å². The van der Waals surface area contributed by atoms with Crippen LogP contribution in [0.15, 0.2) is 12.1 Å². The fourth-order valence-electron chi connectivity index (χ4n) is 2.02. The van der Waals surface area contributed by atoms with Crippen molar-refractivity contribution in [3.05, 3.63) is 29.3 Å². The van der Waals surface area contributed by atoms with Crippen molar-refractivity contribution in [2.24, 2.45) is 0 Å². The van der Waals surface area contributed by atoms with Crippen molar-refractivity contribution in [2.75, 3.05) is 11.9 Å². The minimum atomic E-state index is 0.286. The van der Waals surface area contributed by atoms with Crippen molar-refractivity contribution in [3.8, 4) is 5.82 Å². The fraction of sp³-hybridized carbons (Fsp3) is 0.533. The molecule has 0 fully saturated rings. The summed E-state index contributed by atoms with van der Waals surface area (Å²) in [6, 6.07) is 4.01. The standard InChI is InChI=1S/C15H23N5/c1-6-7-16-13-9-14(18-15(17-13)10(2)3)20-12(5)8-11(4)19-20/h8-10H,6-7H2,1-5H3,(H,16,17,18). The summed E-state index contributed by atoms with van der Waals surface area (Å²) in [6.45, 7) is 11.3. The van der Waals surface area contributed by atoms with E-state index in [4.69, 9.17) is 0 Å². The first-order valence-corrected chi connectivity index (χ1v) is 7.17. The average Bonchev–Trinajstić information content (AvgIpc) is 2.75. The summed E-state index contributed by atoms with van der Waals surface area (Å²) in [5.41, 5.74) is 2.08. The Balaban J connectivity index is 2.46. The SMILES string of the molecule is CCCNc1cc(-n2nc(C)cc2C)nc(C(C)C)n1. The molecule has 1 N–H and O–H groups in total. The highest BCUT2D eigenvalue weighted by atomic mass is 15.3. The molecular weight excluding hydrogens is 250 g/mol. The van der Waals surface area contributed by atoms with Crippen molar-refractivity contribution in [3.63, 3.8) is 0 Å². The molecule has 0 radical (unpaired) electrons. The summed E-state index contributed by atoms with van der Waals surface area (Å²) in [5, 5.41) is 7.83. The molecule has 2 aromatic heterocycles. The number of hydrogen-bond donors (Lipinski definition) is 1. The molecule has 2 heterocycles. The van der Waals surface area contributed by atoms with E-state index in [0.29, 0.717) is 0 Å². The predicted octanol–water partition coefficient (Wildman–Crippen LogP) is 3.22. The Labute approximate surface area is 120 Å². The van der Waals surface area contributed by atoms with Gasteiger partial charge >= 0.3 is 0 Å². The van der Waals surface area contributed by atoms with Crippen molar-refractivity contribution in [1.29, 1.82) is 0 Å². The maximum absolute atomic E-state index is 4.63. The van der Waals surface area contributed by atoms with E-state index in [1.54, 1.807) is 0 Å². The topological polar surface area (TPSA) is 55.6 Å². The van der Waals surface area contributed by atoms with Gasteiger partial charge in [-0.1, -0.05) is 20.8 Å². The molecule has 0 unspecified atom stereocenters. The predicted molar refractivity (Wildman–Crippen MR) is 81.5 cm³/mol. The van der Waals surface area contributed by atoms with Gasteiger partial charge in [0.15, 0.2) is 5.82 Å². The largest absolute Gasteiger partial charge is 0.370 e. The summed E-state index contributed by atoms with van der Waals surface area (Å²) in [7, 11) is 0. The van der Waals surface area contributed by atoms with E-state index in [-0.39, 0.29) is 5.92 Å². The lowest BCUT2D eigenvalue weighted by Crippen LogP contribution is -2.11. The lowest BCUT2D eigenvalue weighted by Gasteiger charge is -2.12. The third kappa shape index (κ3) is 3.15. The van der Waals surface area contributed by atoms with Crippen LogP contribution in [0.5, 0.6) is 0 Å². The van der Waals surface area contributed by atoms with Gasteiger partial charge in [-0.15, -0.1) is 0 Å². The van der Waals surface area contributed by atoms with E-state index >= 15 is 0 Å². The molecule has 5 heteroatoms. The first kappa shape index (κ1) is 14.5. The number of aryl methyl sites for hydroxylation is 2. The third-order valence-corrected chi connectivity index (χ3v) is 3.03. The average molecular weight is 273 g/mol. The van der Waals surface area contributed by atoms with Gasteiger partial charge in [0, 0.05) is 24.2 Å². The van der Waals surface area contributed by atoms with Crippen molar-refractivity contribution >= 4 is 5.82 Å². The zero-order chi connectivity index (χ0) is 14.7. The van der Waals surface area contributed by atoms with Crippen LogP contribution < -0.4 is 5.32 Å². The second kappa shape index (κ2) is 6.03. The van der Waals surface area contributed by atoms with E-state index in [1.807, 2.05) is 24.6 Å². The third-order valence-electron chi connectivity index (χ3n) is 3.03. The quantitative estimate of drug-likeness (QED) is 0.908. The van der Waals surface area contributed by atoms with E-state index in [2.05, 4.69) is 47.2 Å². The Kier molecular flexibility index (Phi) is 4.37. The number of anilines is 1. The molecule has 108 valence electrons. The lowest BCUT2D eigenvalue weighted by molar-refractivity contribution is 0.735. The molecule has 2 aromatic rings. The van der Waals surface area contributed by atoms with Gasteiger partial charge in [-0.2, -0.15) is 5.10 Å². The molecule has 0 aliphatic heterocycles. The van der Waals surface area contributed by atoms with Gasteiger partial charge in [0.2, 0.25) is 0 Å². The molecule has 0 bridgehead atoms. The Morgan fingerprint density at radius 3 is 2.50 bits per heavy atom. The molecular formula is C15H23N5. The van der Waals surface area contributed by atoms with Crippen LogP contribution >= 0.6 is 0 Å². The Morgan fingerprint density at radius 2 is 1.95 bits per heavy atom. The zero-order valence-electron chi connectivity index (χ0n) is 12.9. The monoisotopic (exact) mass is 273 g/mol. The van der Waals surface area contributed by atoms with Gasteiger partial charge in [0.25, 0.3) is 0 Å². The first-order valence-electron chi connectivity index (χ1n) is 7.17. The van der Waals surface area contributed by atoms with E-state index < -0.39 is 0 Å². The molecule has 2 rings (SSSR count). The van der Waals surface area contributed by atoms with Crippen LogP contribution in [0.25, 0.3) is 5.82 Å². The van der Waals surface area contributed by atoms with Crippen LogP contribution in [0.1, 0.15) is 50.3 Å². The van der Waals surface area contributed by atoms with Gasteiger partial charge < -0.3 is 5.32 Å². The summed E-state index contributed by atoms with van der Waals surface area (Å²) in [4.78, 5) is 9.20. The number of rotatable bonds is 5. The highest BCUT2D eigenvalue weighted by Gasteiger charge is 2.11. The Morgan fingerprint density at radius 1 is 1.20 bits per heavy atom. The summed E-state index contributed by atoms with van der Waals surface area (Å²) in [5.74, 6) is 2.82. The smallest absolute Gasteiger partial charge is 0.159 e. The molecule has 0 aromatic carbocycles. The maximum atomic E-state index is 4.63. The van der Waals surface area contributed by atoms with Crippen LogP contribution in [0.3, 0.4) is 0 Å². The molecule has 0 spiro atoms. The molecule has 0 amide bonds. The molecule has 0 atom stereocenters. The summed E-state index contributed by atoms with van der Waals surface area (Å²) < 4.78 is 1.88. The normalized spacial score (nSPS) is 11.1. The Bertz CT molecular complexity index is 586. The van der Waals surface area contributed by atoms with Gasteiger partial charge in [0.1, 0.15) is 11.6 Å². The number of hydrogen-bond acceptors (Lipinski definition) is 4. The second-order valence-corrected chi connectivity index (χ2v) is 5.39. The van der Waals surface area contributed by atoms with Crippen LogP contribution in [0.4, 0.5) is 5.82 Å². The molecule has 5 nitrogen and oxygen atoms in total. The van der Waals surface area contributed by atoms with Crippen LogP contribution in [-0.4, -0.2) is 26.3 Å². The van der Waals surface area contributed by atoms with Crippen molar-refractivity contribution < 1.29 is 0 Å². The maximum Gasteiger partial charge on any atom is 0.159 e. The fourth-order valence-corrected chi connectivity index (χ4v) is 2.02. The molecule has 0 aliphatic rings. The summed E-state index contributed by atoms with van der Waals surface area (Å²) in [6.07, 6.45) is 1.07. The zero-order valence-corrected chi connectivity index (χ0v) is 12.9. The molecule has 0 saturated heterocycles. The van der Waals surface area contributed by atoms with Gasteiger partial charge in [0.05, 0.1) is 5.69 Å². The highest BCUT2D eigenvalue weighted by molar-refractivity contribution is 5.42. The minimum absolute atomic E-state index is 0.286. The second-order valence-electron chi connectivity index (χ2n) is 5.39. The van der Waals surface area contributed by atoms with Crippen LogP contribution in [0.2, 0.25) is 0 Å². The first-order chi connectivity index (χ1) is 9.51. The van der Waals surface area contributed by atoms with Crippen LogP contribution in [-0.2, 0) is 0 Å². The highest BCUT2D eigenvalue weighted by Crippen LogP contribution is 2.18. The number of aromatic nitrogens is 4. The van der Waals surface area contributed by atoms with E-state index in [9.17, 15) is 0 Å². The lowest BCUT2D eigenvalue weighted by atomic mass is 10.2. The van der Waals surface area contributed by atoms with Crippen LogP contribution in [0, 0.1) is 13.8 Å². The van der Waals surface area contributed by atoms with Gasteiger partial charge in [-0.25, -0.2) is 14.6 Å².